The lowest BCUT2D eigenvalue weighted by molar-refractivity contribution is -0.141. The zero-order valence-corrected chi connectivity index (χ0v) is 10.5. The van der Waals surface area contributed by atoms with Crippen LogP contribution in [0.25, 0.3) is 0 Å². The zero-order chi connectivity index (χ0) is 13.1. The Morgan fingerprint density at radius 1 is 1.61 bits per heavy atom. The molecular weight excluding hydrogens is 234 g/mol. The Morgan fingerprint density at radius 2 is 2.33 bits per heavy atom. The fourth-order valence-electron chi connectivity index (χ4n) is 1.78. The minimum atomic E-state index is -0.373. The normalized spacial score (nSPS) is 16.1. The van der Waals surface area contributed by atoms with Gasteiger partial charge >= 0.3 is 5.97 Å². The van der Waals surface area contributed by atoms with Crippen molar-refractivity contribution in [1.29, 1.82) is 0 Å². The molecule has 1 aliphatic rings. The first kappa shape index (κ1) is 12.6. The molecule has 1 saturated carbocycles. The second-order valence-electron chi connectivity index (χ2n) is 4.62. The van der Waals surface area contributed by atoms with Crippen LogP contribution in [0, 0.1) is 11.8 Å². The summed E-state index contributed by atoms with van der Waals surface area (Å²) in [7, 11) is 1.33. The van der Waals surface area contributed by atoms with Crippen LogP contribution >= 0.6 is 0 Å². The third kappa shape index (κ3) is 3.09. The topological polar surface area (TPSA) is 73.2 Å². The molecule has 1 fully saturated rings. The lowest BCUT2D eigenvalue weighted by Crippen LogP contribution is -2.21. The number of carbonyl (C=O) groups excluding carboxylic acids is 2. The molecule has 0 saturated heterocycles. The van der Waals surface area contributed by atoms with Crippen molar-refractivity contribution in [2.45, 2.75) is 26.3 Å². The number of aromatic nitrogens is 2. The average Bonchev–Trinajstić information content (AvgIpc) is 3.11. The van der Waals surface area contributed by atoms with Crippen LogP contribution in [0.2, 0.25) is 0 Å². The molecule has 6 heteroatoms. The lowest BCUT2D eigenvalue weighted by atomic mass is 10.1. The quantitative estimate of drug-likeness (QED) is 0.793. The number of esters is 1. The second kappa shape index (κ2) is 5.20. The number of methoxy groups -OCH3 is 1. The monoisotopic (exact) mass is 251 g/mol. The summed E-state index contributed by atoms with van der Waals surface area (Å²) in [4.78, 5) is 22.9. The third-order valence-corrected chi connectivity index (χ3v) is 3.16. The van der Waals surface area contributed by atoms with Crippen LogP contribution in [0.3, 0.4) is 0 Å². The van der Waals surface area contributed by atoms with E-state index in [-0.39, 0.29) is 24.3 Å². The van der Waals surface area contributed by atoms with Gasteiger partial charge in [-0.1, -0.05) is 6.92 Å². The smallest absolute Gasteiger partial charge is 0.327 e. The summed E-state index contributed by atoms with van der Waals surface area (Å²) in [5, 5.41) is 6.78. The SMILES string of the molecule is COC(=O)Cn1cc(NC(=O)C(C)C2CC2)cn1. The second-order valence-corrected chi connectivity index (χ2v) is 4.62. The molecule has 1 amide bonds. The predicted octanol–water partition coefficient (Wildman–Crippen LogP) is 1.04. The summed E-state index contributed by atoms with van der Waals surface area (Å²) in [5.74, 6) is 0.196. The van der Waals surface area contributed by atoms with Gasteiger partial charge in [-0.2, -0.15) is 5.10 Å². The maximum Gasteiger partial charge on any atom is 0.327 e. The third-order valence-electron chi connectivity index (χ3n) is 3.16. The number of anilines is 1. The molecule has 1 N–H and O–H groups in total. The van der Waals surface area contributed by atoms with Crippen molar-refractivity contribution in [3.05, 3.63) is 12.4 Å². The molecule has 6 nitrogen and oxygen atoms in total. The van der Waals surface area contributed by atoms with Gasteiger partial charge in [-0.3, -0.25) is 14.3 Å². The Kier molecular flexibility index (Phi) is 3.64. The largest absolute Gasteiger partial charge is 0.468 e. The highest BCUT2D eigenvalue weighted by Crippen LogP contribution is 2.36. The summed E-state index contributed by atoms with van der Waals surface area (Å²) in [5.41, 5.74) is 0.608. The van der Waals surface area contributed by atoms with Crippen LogP contribution < -0.4 is 5.32 Å². The van der Waals surface area contributed by atoms with Gasteiger partial charge in [0, 0.05) is 12.1 Å². The predicted molar refractivity (Wildman–Crippen MR) is 64.8 cm³/mol. The van der Waals surface area contributed by atoms with Gasteiger partial charge in [-0.25, -0.2) is 0 Å². The van der Waals surface area contributed by atoms with Crippen molar-refractivity contribution >= 4 is 17.6 Å². The van der Waals surface area contributed by atoms with Gasteiger partial charge in [0.15, 0.2) is 0 Å². The van der Waals surface area contributed by atoms with Crippen LogP contribution in [0.15, 0.2) is 12.4 Å². The van der Waals surface area contributed by atoms with Gasteiger partial charge in [-0.15, -0.1) is 0 Å². The molecule has 1 atom stereocenters. The molecule has 1 aromatic heterocycles. The van der Waals surface area contributed by atoms with E-state index in [0.717, 1.165) is 12.8 Å². The molecule has 1 aromatic rings. The minimum absolute atomic E-state index is 0.00937. The van der Waals surface area contributed by atoms with Crippen molar-refractivity contribution in [2.75, 3.05) is 12.4 Å². The van der Waals surface area contributed by atoms with Gasteiger partial charge < -0.3 is 10.1 Å². The molecule has 0 spiro atoms. The summed E-state index contributed by atoms with van der Waals surface area (Å²) in [6, 6.07) is 0. The molecule has 0 bridgehead atoms. The summed E-state index contributed by atoms with van der Waals surface area (Å²) < 4.78 is 5.97. The molecule has 0 aromatic carbocycles. The Hall–Kier alpha value is -1.85. The Bertz CT molecular complexity index is 451. The minimum Gasteiger partial charge on any atom is -0.468 e. The van der Waals surface area contributed by atoms with Crippen molar-refractivity contribution in [1.82, 2.24) is 9.78 Å². The average molecular weight is 251 g/mol. The van der Waals surface area contributed by atoms with Crippen molar-refractivity contribution < 1.29 is 14.3 Å². The summed E-state index contributed by atoms with van der Waals surface area (Å²) >= 11 is 0. The van der Waals surface area contributed by atoms with Gasteiger partial charge in [0.25, 0.3) is 0 Å². The zero-order valence-electron chi connectivity index (χ0n) is 10.5. The van der Waals surface area contributed by atoms with E-state index >= 15 is 0 Å². The van der Waals surface area contributed by atoms with E-state index in [1.807, 2.05) is 6.92 Å². The molecule has 18 heavy (non-hydrogen) atoms. The van der Waals surface area contributed by atoms with Crippen LogP contribution in [0.5, 0.6) is 0 Å². The highest BCUT2D eigenvalue weighted by molar-refractivity contribution is 5.92. The van der Waals surface area contributed by atoms with Crippen LogP contribution in [-0.4, -0.2) is 28.8 Å². The van der Waals surface area contributed by atoms with E-state index < -0.39 is 0 Å². The first-order chi connectivity index (χ1) is 8.60. The van der Waals surface area contributed by atoms with Crippen LogP contribution in [-0.2, 0) is 20.9 Å². The molecule has 0 radical (unpaired) electrons. The number of hydrogen-bond donors (Lipinski definition) is 1. The van der Waals surface area contributed by atoms with E-state index in [9.17, 15) is 9.59 Å². The number of ether oxygens (including phenoxy) is 1. The van der Waals surface area contributed by atoms with E-state index in [2.05, 4.69) is 15.2 Å². The fourth-order valence-corrected chi connectivity index (χ4v) is 1.78. The Morgan fingerprint density at radius 3 is 2.94 bits per heavy atom. The maximum absolute atomic E-state index is 11.8. The molecular formula is C12H17N3O3. The van der Waals surface area contributed by atoms with E-state index in [1.54, 1.807) is 6.20 Å². The standard InChI is InChI=1S/C12H17N3O3/c1-8(9-3-4-9)12(17)14-10-5-13-15(6-10)7-11(16)18-2/h5-6,8-9H,3-4,7H2,1-2H3,(H,14,17). The van der Waals surface area contributed by atoms with Crippen LogP contribution in [0.4, 0.5) is 5.69 Å². The van der Waals surface area contributed by atoms with E-state index in [0.29, 0.717) is 11.6 Å². The van der Waals surface area contributed by atoms with Crippen molar-refractivity contribution in [3.63, 3.8) is 0 Å². The van der Waals surface area contributed by atoms with Crippen molar-refractivity contribution in [3.8, 4) is 0 Å². The molecule has 1 unspecified atom stereocenters. The van der Waals surface area contributed by atoms with Crippen LogP contribution in [0.1, 0.15) is 19.8 Å². The number of hydrogen-bond acceptors (Lipinski definition) is 4. The first-order valence-corrected chi connectivity index (χ1v) is 6.00. The number of carbonyl (C=O) groups is 2. The first-order valence-electron chi connectivity index (χ1n) is 6.00. The van der Waals surface area contributed by atoms with Gasteiger partial charge in [0.2, 0.25) is 5.91 Å². The number of nitrogens with one attached hydrogen (secondary N) is 1. The fraction of sp³-hybridized carbons (Fsp3) is 0.583. The molecule has 1 heterocycles. The Balaban J connectivity index is 1.89. The highest BCUT2D eigenvalue weighted by atomic mass is 16.5. The number of rotatable bonds is 5. The van der Waals surface area contributed by atoms with Crippen molar-refractivity contribution in [2.24, 2.45) is 11.8 Å². The molecule has 2 rings (SSSR count). The lowest BCUT2D eigenvalue weighted by Gasteiger charge is -2.08. The highest BCUT2D eigenvalue weighted by Gasteiger charge is 2.32. The van der Waals surface area contributed by atoms with E-state index in [1.165, 1.54) is 18.0 Å². The number of nitrogens with zero attached hydrogens (tertiary/aromatic N) is 2. The van der Waals surface area contributed by atoms with Gasteiger partial charge in [-0.05, 0) is 18.8 Å². The molecule has 98 valence electrons. The maximum atomic E-state index is 11.8. The molecule has 1 aliphatic carbocycles. The Labute approximate surface area is 105 Å². The summed E-state index contributed by atoms with van der Waals surface area (Å²) in [6.45, 7) is 1.98. The molecule has 0 aliphatic heterocycles. The summed E-state index contributed by atoms with van der Waals surface area (Å²) in [6.07, 6.45) is 5.42. The van der Waals surface area contributed by atoms with E-state index in [4.69, 9.17) is 0 Å². The van der Waals surface area contributed by atoms with Gasteiger partial charge in [0.1, 0.15) is 6.54 Å². The number of amides is 1. The van der Waals surface area contributed by atoms with Gasteiger partial charge in [0.05, 0.1) is 19.0 Å².